The molecular weight excluding hydrogens is 324 g/mol. The molecule has 2 N–H and O–H groups in total. The second kappa shape index (κ2) is 8.50. The molecule has 0 fully saturated rings. The van der Waals surface area contributed by atoms with Crippen molar-refractivity contribution < 1.29 is 14.4 Å². The van der Waals surface area contributed by atoms with E-state index in [9.17, 15) is 4.79 Å². The average molecular weight is 349 g/mol. The first-order chi connectivity index (χ1) is 12.6. The van der Waals surface area contributed by atoms with Crippen LogP contribution in [0, 0.1) is 0 Å². The molecule has 0 saturated carbocycles. The van der Waals surface area contributed by atoms with Crippen LogP contribution < -0.4 is 15.0 Å². The Morgan fingerprint density at radius 2 is 1.69 bits per heavy atom. The molecule has 0 aliphatic rings. The molecule has 0 saturated heterocycles. The number of carbonyl (C=O) groups is 1. The Bertz CT molecular complexity index is 878. The predicted octanol–water partition coefficient (Wildman–Crippen LogP) is 2.18. The zero-order chi connectivity index (χ0) is 18.4. The third-order valence-electron chi connectivity index (χ3n) is 4.41. The van der Waals surface area contributed by atoms with Crippen molar-refractivity contribution in [3.8, 4) is 5.75 Å². The fourth-order valence-corrected chi connectivity index (χ4v) is 3.05. The van der Waals surface area contributed by atoms with Crippen LogP contribution in [0.5, 0.6) is 5.75 Å². The largest absolute Gasteiger partial charge is 0.497 e. The molecule has 0 aromatic heterocycles. The predicted molar refractivity (Wildman–Crippen MR) is 104 cm³/mol. The van der Waals surface area contributed by atoms with Gasteiger partial charge in [-0.15, -0.1) is 0 Å². The number of rotatable bonds is 7. The van der Waals surface area contributed by atoms with Crippen LogP contribution in [0.1, 0.15) is 11.1 Å². The molecule has 4 heteroatoms. The van der Waals surface area contributed by atoms with Crippen molar-refractivity contribution in [2.45, 2.75) is 13.1 Å². The van der Waals surface area contributed by atoms with Crippen LogP contribution in [0.3, 0.4) is 0 Å². The summed E-state index contributed by atoms with van der Waals surface area (Å²) in [6, 6.07) is 22.4. The van der Waals surface area contributed by atoms with E-state index in [-0.39, 0.29) is 5.91 Å². The number of fused-ring (bicyclic) bond motifs is 1. The van der Waals surface area contributed by atoms with E-state index < -0.39 is 0 Å². The quantitative estimate of drug-likeness (QED) is 0.687. The molecule has 3 aromatic carbocycles. The van der Waals surface area contributed by atoms with Crippen molar-refractivity contribution in [2.75, 3.05) is 20.7 Å². The van der Waals surface area contributed by atoms with Crippen LogP contribution in [0.25, 0.3) is 10.8 Å². The summed E-state index contributed by atoms with van der Waals surface area (Å²) >= 11 is 0. The van der Waals surface area contributed by atoms with E-state index in [0.717, 1.165) is 28.1 Å². The number of carbonyl (C=O) groups excluding carboxylic acids is 1. The number of amides is 1. The third kappa shape index (κ3) is 4.83. The first kappa shape index (κ1) is 18.0. The number of nitrogens with one attached hydrogen (secondary N) is 2. The maximum absolute atomic E-state index is 12.2. The number of likely N-dealkylation sites (N-methyl/N-ethyl adjacent to an activating group) is 1. The molecule has 26 heavy (non-hydrogen) atoms. The highest BCUT2D eigenvalue weighted by molar-refractivity contribution is 5.84. The summed E-state index contributed by atoms with van der Waals surface area (Å²) in [4.78, 5) is 13.3. The number of methoxy groups -OCH3 is 1. The summed E-state index contributed by atoms with van der Waals surface area (Å²) in [7, 11) is 3.72. The smallest absolute Gasteiger partial charge is 0.275 e. The Balaban J connectivity index is 1.54. The second-order valence-corrected chi connectivity index (χ2v) is 6.62. The Morgan fingerprint density at radius 3 is 2.46 bits per heavy atom. The highest BCUT2D eigenvalue weighted by Crippen LogP contribution is 2.21. The first-order valence-corrected chi connectivity index (χ1v) is 8.82. The first-order valence-electron chi connectivity index (χ1n) is 8.82. The summed E-state index contributed by atoms with van der Waals surface area (Å²) in [6.45, 7) is 1.83. The van der Waals surface area contributed by atoms with Gasteiger partial charge in [0, 0.05) is 12.1 Å². The Morgan fingerprint density at radius 1 is 0.962 bits per heavy atom. The zero-order valence-electron chi connectivity index (χ0n) is 15.3. The fraction of sp³-hybridized carbons (Fsp3) is 0.227. The minimum atomic E-state index is 0.0666. The van der Waals surface area contributed by atoms with Crippen molar-refractivity contribution in [1.82, 2.24) is 5.32 Å². The molecule has 3 rings (SSSR count). The van der Waals surface area contributed by atoms with Crippen molar-refractivity contribution >= 4 is 16.7 Å². The summed E-state index contributed by atoms with van der Waals surface area (Å²) in [5, 5.41) is 5.33. The Kier molecular flexibility index (Phi) is 5.87. The van der Waals surface area contributed by atoms with Gasteiger partial charge in [-0.1, -0.05) is 48.5 Å². The fourth-order valence-electron chi connectivity index (χ4n) is 3.05. The van der Waals surface area contributed by atoms with E-state index in [2.05, 4.69) is 29.6 Å². The van der Waals surface area contributed by atoms with Crippen molar-refractivity contribution in [2.24, 2.45) is 0 Å². The molecule has 134 valence electrons. The van der Waals surface area contributed by atoms with Gasteiger partial charge in [0.15, 0.2) is 6.54 Å². The lowest BCUT2D eigenvalue weighted by molar-refractivity contribution is -0.885. The van der Waals surface area contributed by atoms with Gasteiger partial charge < -0.3 is 15.0 Å². The summed E-state index contributed by atoms with van der Waals surface area (Å²) in [5.41, 5.74) is 2.33. The number of hydrogen-bond donors (Lipinski definition) is 2. The van der Waals surface area contributed by atoms with Gasteiger partial charge in [0.05, 0.1) is 14.2 Å². The highest BCUT2D eigenvalue weighted by Gasteiger charge is 2.11. The maximum Gasteiger partial charge on any atom is 0.275 e. The molecular formula is C22H25N2O2+. The number of benzene rings is 3. The van der Waals surface area contributed by atoms with Gasteiger partial charge in [0.1, 0.15) is 12.3 Å². The van der Waals surface area contributed by atoms with Gasteiger partial charge in [0.25, 0.3) is 5.91 Å². The van der Waals surface area contributed by atoms with Gasteiger partial charge >= 0.3 is 0 Å². The van der Waals surface area contributed by atoms with E-state index in [1.54, 1.807) is 7.11 Å². The summed E-state index contributed by atoms with van der Waals surface area (Å²) < 4.78 is 5.27. The van der Waals surface area contributed by atoms with E-state index in [4.69, 9.17) is 4.74 Å². The molecule has 3 aromatic rings. The Labute approximate surface area is 154 Å². The number of hydrogen-bond acceptors (Lipinski definition) is 2. The van der Waals surface area contributed by atoms with Gasteiger partial charge in [-0.25, -0.2) is 0 Å². The van der Waals surface area contributed by atoms with Crippen LogP contribution >= 0.6 is 0 Å². The number of ether oxygens (including phenoxy) is 1. The van der Waals surface area contributed by atoms with Crippen LogP contribution in [0.4, 0.5) is 0 Å². The van der Waals surface area contributed by atoms with Crippen molar-refractivity contribution in [3.63, 3.8) is 0 Å². The van der Waals surface area contributed by atoms with E-state index in [1.165, 1.54) is 10.9 Å². The molecule has 0 heterocycles. The van der Waals surface area contributed by atoms with Gasteiger partial charge in [0.2, 0.25) is 0 Å². The Hall–Kier alpha value is -2.85. The SMILES string of the molecule is COc1ccc2cc(C[NH+](C)CC(=O)NCc3ccccc3)ccc2c1. The molecule has 0 spiro atoms. The maximum atomic E-state index is 12.2. The van der Waals surface area contributed by atoms with Crippen LogP contribution in [0.15, 0.2) is 66.7 Å². The monoisotopic (exact) mass is 349 g/mol. The van der Waals surface area contributed by atoms with Crippen LogP contribution in [-0.4, -0.2) is 26.6 Å². The van der Waals surface area contributed by atoms with Gasteiger partial charge in [-0.2, -0.15) is 0 Å². The zero-order valence-corrected chi connectivity index (χ0v) is 15.3. The van der Waals surface area contributed by atoms with Gasteiger partial charge in [-0.05, 0) is 34.5 Å². The average Bonchev–Trinajstić information content (AvgIpc) is 2.66. The summed E-state index contributed by atoms with van der Waals surface area (Å²) in [5.74, 6) is 0.931. The van der Waals surface area contributed by atoms with Crippen LogP contribution in [0.2, 0.25) is 0 Å². The molecule has 0 bridgehead atoms. The molecule has 1 unspecified atom stereocenters. The van der Waals surface area contributed by atoms with Crippen LogP contribution in [-0.2, 0) is 17.9 Å². The van der Waals surface area contributed by atoms with E-state index in [0.29, 0.717) is 13.1 Å². The standard InChI is InChI=1S/C22H24N2O2/c1-24(16-22(25)23-14-17-6-4-3-5-7-17)15-18-8-9-20-13-21(26-2)11-10-19(20)12-18/h3-13H,14-16H2,1-2H3,(H,23,25)/p+1. The minimum absolute atomic E-state index is 0.0666. The molecule has 0 aliphatic carbocycles. The normalized spacial score (nSPS) is 11.9. The topological polar surface area (TPSA) is 42.8 Å². The van der Waals surface area contributed by atoms with E-state index in [1.807, 2.05) is 49.5 Å². The highest BCUT2D eigenvalue weighted by atomic mass is 16.5. The molecule has 4 nitrogen and oxygen atoms in total. The lowest BCUT2D eigenvalue weighted by Gasteiger charge is -2.14. The molecule has 1 amide bonds. The van der Waals surface area contributed by atoms with Crippen molar-refractivity contribution in [3.05, 3.63) is 77.9 Å². The lowest BCUT2D eigenvalue weighted by atomic mass is 10.1. The van der Waals surface area contributed by atoms with Crippen molar-refractivity contribution in [1.29, 1.82) is 0 Å². The summed E-state index contributed by atoms with van der Waals surface area (Å²) in [6.07, 6.45) is 0. The molecule has 1 atom stereocenters. The lowest BCUT2D eigenvalue weighted by Crippen LogP contribution is -3.08. The van der Waals surface area contributed by atoms with E-state index >= 15 is 0 Å². The third-order valence-corrected chi connectivity index (χ3v) is 4.41. The minimum Gasteiger partial charge on any atom is -0.497 e. The molecule has 0 aliphatic heterocycles. The second-order valence-electron chi connectivity index (χ2n) is 6.62. The molecule has 0 radical (unpaired) electrons. The number of quaternary nitrogens is 1. The van der Waals surface area contributed by atoms with Gasteiger partial charge in [-0.3, -0.25) is 4.79 Å².